The normalized spacial score (nSPS) is 33.9. The first-order chi connectivity index (χ1) is 6.08. The largest absolute Gasteiger partial charge is 0.311 e. The van der Waals surface area contributed by atoms with E-state index < -0.39 is 0 Å². The van der Waals surface area contributed by atoms with E-state index in [0.717, 1.165) is 18.0 Å². The van der Waals surface area contributed by atoms with Crippen LogP contribution >= 0.6 is 0 Å². The lowest BCUT2D eigenvalue weighted by Crippen LogP contribution is -2.33. The highest BCUT2D eigenvalue weighted by Crippen LogP contribution is 2.45. The van der Waals surface area contributed by atoms with E-state index in [1.807, 2.05) is 0 Å². The zero-order valence-corrected chi connectivity index (χ0v) is 9.27. The predicted octanol–water partition coefficient (Wildman–Crippen LogP) is 2.95. The molecule has 0 spiro atoms. The Labute approximate surface area is 82.3 Å². The lowest BCUT2D eigenvalue weighted by atomic mass is 9.81. The molecule has 1 N–H and O–H groups in total. The van der Waals surface area contributed by atoms with Crippen LogP contribution in [0.5, 0.6) is 0 Å². The Morgan fingerprint density at radius 2 is 2.00 bits per heavy atom. The summed E-state index contributed by atoms with van der Waals surface area (Å²) in [6, 6.07) is 1.56. The maximum absolute atomic E-state index is 3.74. The molecule has 2 atom stereocenters. The molecule has 13 heavy (non-hydrogen) atoms. The van der Waals surface area contributed by atoms with Crippen LogP contribution in [0.1, 0.15) is 52.9 Å². The molecule has 2 aliphatic carbocycles. The Bertz CT molecular complexity index is 182. The van der Waals surface area contributed by atoms with Crippen molar-refractivity contribution >= 4 is 0 Å². The molecule has 0 aliphatic heterocycles. The molecular formula is C12H23N. The lowest BCUT2D eigenvalue weighted by molar-refractivity contribution is 0.262. The fourth-order valence-corrected chi connectivity index (χ4v) is 2.39. The summed E-state index contributed by atoms with van der Waals surface area (Å²) >= 11 is 0. The van der Waals surface area contributed by atoms with Gasteiger partial charge in [-0.1, -0.05) is 33.1 Å². The Hall–Kier alpha value is -0.0400. The second kappa shape index (κ2) is 3.27. The van der Waals surface area contributed by atoms with Crippen molar-refractivity contribution in [1.82, 2.24) is 5.32 Å². The maximum atomic E-state index is 3.74. The molecular weight excluding hydrogens is 158 g/mol. The van der Waals surface area contributed by atoms with Gasteiger partial charge >= 0.3 is 0 Å². The van der Waals surface area contributed by atoms with Crippen molar-refractivity contribution in [2.24, 2.45) is 11.3 Å². The van der Waals surface area contributed by atoms with Gasteiger partial charge in [0.1, 0.15) is 0 Å². The van der Waals surface area contributed by atoms with Gasteiger partial charge in [0.25, 0.3) is 0 Å². The van der Waals surface area contributed by atoms with Gasteiger partial charge in [0.05, 0.1) is 0 Å². The Morgan fingerprint density at radius 1 is 1.38 bits per heavy atom. The van der Waals surface area contributed by atoms with Gasteiger partial charge in [-0.05, 0) is 31.1 Å². The highest BCUT2D eigenvalue weighted by atomic mass is 15.0. The topological polar surface area (TPSA) is 12.0 Å². The van der Waals surface area contributed by atoms with E-state index in [-0.39, 0.29) is 0 Å². The zero-order valence-electron chi connectivity index (χ0n) is 9.27. The molecule has 0 amide bonds. The van der Waals surface area contributed by atoms with Crippen LogP contribution < -0.4 is 5.32 Å². The Balaban J connectivity index is 1.64. The van der Waals surface area contributed by atoms with Crippen LogP contribution in [0.4, 0.5) is 0 Å². The molecule has 2 saturated carbocycles. The van der Waals surface area contributed by atoms with Crippen molar-refractivity contribution in [3.05, 3.63) is 0 Å². The van der Waals surface area contributed by atoms with E-state index in [9.17, 15) is 0 Å². The summed E-state index contributed by atoms with van der Waals surface area (Å²) in [6.45, 7) is 7.08. The molecule has 0 aromatic heterocycles. The smallest absolute Gasteiger partial charge is 0.0127 e. The van der Waals surface area contributed by atoms with E-state index in [0.29, 0.717) is 5.41 Å². The van der Waals surface area contributed by atoms with Crippen molar-refractivity contribution in [2.45, 2.75) is 65.0 Å². The SMILES string of the molecule is CC(CC1CCC1)NC1CC1(C)C. The monoisotopic (exact) mass is 181 g/mol. The quantitative estimate of drug-likeness (QED) is 0.703. The van der Waals surface area contributed by atoms with E-state index in [2.05, 4.69) is 26.1 Å². The van der Waals surface area contributed by atoms with Crippen molar-refractivity contribution in [2.75, 3.05) is 0 Å². The van der Waals surface area contributed by atoms with Crippen LogP contribution in [0, 0.1) is 11.3 Å². The van der Waals surface area contributed by atoms with Crippen molar-refractivity contribution in [1.29, 1.82) is 0 Å². The Kier molecular flexibility index (Phi) is 2.39. The summed E-state index contributed by atoms with van der Waals surface area (Å²) in [7, 11) is 0. The predicted molar refractivity (Wildman–Crippen MR) is 56.7 cm³/mol. The van der Waals surface area contributed by atoms with Gasteiger partial charge in [0.15, 0.2) is 0 Å². The molecule has 0 saturated heterocycles. The van der Waals surface area contributed by atoms with Crippen LogP contribution in [0.15, 0.2) is 0 Å². The molecule has 1 nitrogen and oxygen atoms in total. The summed E-state index contributed by atoms with van der Waals surface area (Å²) in [5.74, 6) is 1.05. The van der Waals surface area contributed by atoms with Crippen LogP contribution in [0.25, 0.3) is 0 Å². The van der Waals surface area contributed by atoms with Gasteiger partial charge in [-0.2, -0.15) is 0 Å². The maximum Gasteiger partial charge on any atom is 0.0127 e. The minimum absolute atomic E-state index is 0.591. The van der Waals surface area contributed by atoms with E-state index in [1.54, 1.807) is 0 Å². The average Bonchev–Trinajstić information content (AvgIpc) is 2.50. The van der Waals surface area contributed by atoms with Gasteiger partial charge in [0.2, 0.25) is 0 Å². The minimum Gasteiger partial charge on any atom is -0.311 e. The molecule has 2 fully saturated rings. The fraction of sp³-hybridized carbons (Fsp3) is 1.00. The van der Waals surface area contributed by atoms with E-state index >= 15 is 0 Å². The van der Waals surface area contributed by atoms with Crippen molar-refractivity contribution in [3.8, 4) is 0 Å². The number of hydrogen-bond donors (Lipinski definition) is 1. The summed E-state index contributed by atoms with van der Waals surface area (Å²) in [6.07, 6.45) is 7.24. The van der Waals surface area contributed by atoms with E-state index in [1.165, 1.54) is 32.1 Å². The number of nitrogens with one attached hydrogen (secondary N) is 1. The number of hydrogen-bond acceptors (Lipinski definition) is 1. The standard InChI is InChI=1S/C12H23N/c1-9(7-10-5-4-6-10)13-11-8-12(11,2)3/h9-11,13H,4-8H2,1-3H3. The van der Waals surface area contributed by atoms with Crippen molar-refractivity contribution < 1.29 is 0 Å². The fourth-order valence-electron chi connectivity index (χ4n) is 2.39. The minimum atomic E-state index is 0.591. The highest BCUT2D eigenvalue weighted by Gasteiger charge is 2.45. The molecule has 0 aromatic rings. The molecule has 76 valence electrons. The third-order valence-electron chi connectivity index (χ3n) is 3.91. The van der Waals surface area contributed by atoms with Gasteiger partial charge in [0, 0.05) is 12.1 Å². The summed E-state index contributed by atoms with van der Waals surface area (Å²) in [4.78, 5) is 0. The first-order valence-electron chi connectivity index (χ1n) is 5.84. The molecule has 2 aliphatic rings. The number of rotatable bonds is 4. The first-order valence-corrected chi connectivity index (χ1v) is 5.84. The molecule has 0 aromatic carbocycles. The second-order valence-corrected chi connectivity index (χ2v) is 5.85. The molecule has 0 heterocycles. The molecule has 1 heteroatoms. The second-order valence-electron chi connectivity index (χ2n) is 5.85. The van der Waals surface area contributed by atoms with Crippen LogP contribution in [-0.4, -0.2) is 12.1 Å². The molecule has 2 unspecified atom stereocenters. The first kappa shape index (κ1) is 9.51. The summed E-state index contributed by atoms with van der Waals surface area (Å²) < 4.78 is 0. The molecule has 2 rings (SSSR count). The van der Waals surface area contributed by atoms with Crippen LogP contribution in [0.2, 0.25) is 0 Å². The summed E-state index contributed by atoms with van der Waals surface area (Å²) in [5.41, 5.74) is 0.591. The van der Waals surface area contributed by atoms with Gasteiger partial charge in [-0.15, -0.1) is 0 Å². The van der Waals surface area contributed by atoms with Gasteiger partial charge < -0.3 is 5.32 Å². The lowest BCUT2D eigenvalue weighted by Gasteiger charge is -2.28. The average molecular weight is 181 g/mol. The summed E-state index contributed by atoms with van der Waals surface area (Å²) in [5, 5.41) is 3.74. The van der Waals surface area contributed by atoms with E-state index in [4.69, 9.17) is 0 Å². The third kappa shape index (κ3) is 2.25. The zero-order chi connectivity index (χ0) is 9.47. The highest BCUT2D eigenvalue weighted by molar-refractivity contribution is 5.02. The van der Waals surface area contributed by atoms with Gasteiger partial charge in [-0.3, -0.25) is 0 Å². The van der Waals surface area contributed by atoms with Crippen LogP contribution in [0.3, 0.4) is 0 Å². The molecule has 0 bridgehead atoms. The van der Waals surface area contributed by atoms with Crippen LogP contribution in [-0.2, 0) is 0 Å². The Morgan fingerprint density at radius 3 is 2.38 bits per heavy atom. The van der Waals surface area contributed by atoms with Gasteiger partial charge in [-0.25, -0.2) is 0 Å². The molecule has 0 radical (unpaired) electrons. The van der Waals surface area contributed by atoms with Crippen molar-refractivity contribution in [3.63, 3.8) is 0 Å². The third-order valence-corrected chi connectivity index (χ3v) is 3.91.